The Bertz CT molecular complexity index is 3980. The summed E-state index contributed by atoms with van der Waals surface area (Å²) in [4.78, 5) is 129. The molecule has 0 aliphatic carbocycles. The van der Waals surface area contributed by atoms with Gasteiger partial charge in [-0.1, -0.05) is 38.3 Å². The van der Waals surface area contributed by atoms with Gasteiger partial charge in [-0.3, -0.25) is 33.6 Å². The molecule has 5 fully saturated rings. The summed E-state index contributed by atoms with van der Waals surface area (Å²) < 4.78 is 54.6. The first kappa shape index (κ1) is 108. The fourth-order valence-corrected chi connectivity index (χ4v) is 13.3. The highest BCUT2D eigenvalue weighted by Crippen LogP contribution is 2.29. The molecule has 5 saturated heterocycles. The minimum Gasteiger partial charge on any atom is -0.481 e. The monoisotopic (exact) mass is 1840 g/mol. The minimum absolute atomic E-state index is 0. The van der Waals surface area contributed by atoms with E-state index in [0.717, 1.165) is 159 Å². The van der Waals surface area contributed by atoms with E-state index >= 15 is 0 Å². The lowest BCUT2D eigenvalue weighted by Crippen LogP contribution is -2.37. The summed E-state index contributed by atoms with van der Waals surface area (Å²) in [5.41, 5.74) is 2.29. The summed E-state index contributed by atoms with van der Waals surface area (Å²) in [6.45, 7) is 43.0. The molecule has 682 valence electrons. The maximum absolute atomic E-state index is 12.0. The molecule has 10 rings (SSSR count). The average molecular weight is 1850 g/mol. The molecule has 0 spiro atoms. The van der Waals surface area contributed by atoms with Crippen LogP contribution in [0.3, 0.4) is 0 Å². The number of carbonyl (C=O) groups excluding carboxylic acids is 8. The maximum atomic E-state index is 12.0. The van der Waals surface area contributed by atoms with E-state index in [1.807, 2.05) is 178 Å². The lowest BCUT2D eigenvalue weighted by Gasteiger charge is -2.32. The van der Waals surface area contributed by atoms with E-state index in [9.17, 15) is 47.5 Å². The molecule has 5 aliphatic rings. The number of esters is 8. The number of carboxylic acids is 1. The highest BCUT2D eigenvalue weighted by atomic mass is 79.9. The van der Waals surface area contributed by atoms with Crippen molar-refractivity contribution in [1.82, 2.24) is 25.3 Å². The van der Waals surface area contributed by atoms with Crippen LogP contribution < -0.4 is 24.9 Å². The van der Waals surface area contributed by atoms with E-state index in [4.69, 9.17) is 43.0 Å². The second-order valence-corrected chi connectivity index (χ2v) is 35.3. The molecule has 0 saturated carbocycles. The number of carboxylic acid groups (broad SMARTS) is 1. The second kappa shape index (κ2) is 55.7. The Morgan fingerprint density at radius 3 is 1.06 bits per heavy atom. The Kier molecular flexibility index (Phi) is 48.8. The Hall–Kier alpha value is -9.42. The topological polar surface area (TPSA) is 324 Å². The van der Waals surface area contributed by atoms with E-state index in [2.05, 4.69) is 83.3 Å². The van der Waals surface area contributed by atoms with Gasteiger partial charge in [-0.05, 0) is 304 Å². The van der Waals surface area contributed by atoms with Gasteiger partial charge < -0.3 is 67.9 Å². The number of anilines is 4. The standard InChI is InChI=1S/C21H29NO4.C20H30N2O4.C18H26N2O4.C13H17BrN2O2.C8H15NO2.C7H12O2.C5H3BrFN.CH4/c1-5-25-20(24)17-12-14-22(15-13-17)18-9-6-16(7-10-18)8-11-19(23)26-21(2,3)4;1-5-25-19(24)16-10-12-22(13-11-16)17-8-6-15(14-21-17)7-9-18(23)26-20(2,3)4;1-18(2,3)24-16(21)7-5-13-4-6-15(19-12-13)20-10-8-14(9-11-20)17(22)23;1-2-18-13(17)10-5-7-16(8-6-10)12-4-3-11(14)9-15-12;1-2-11-8(10)7-3-5-9-6-4-7;1-5-6(8)9-7(2,3)4;6-4-1-2-5(7)8-3-4;/h6-11,17H,5,12-15H2,1-4H3;6,8,14,16H,5,7,9-13H2,1-4H3;4,6,12,14H,5,7-11H2,1-3H3,(H,22,23);3-4,9-10H,2,5-8H2,1H3;7,9H,2-6H2,1H3;5H,1H2,2-4H3;1-3H;1H4/b11-8+;;;;;;;. The van der Waals surface area contributed by atoms with E-state index in [1.54, 1.807) is 24.5 Å². The second-order valence-electron chi connectivity index (χ2n) is 33.5. The van der Waals surface area contributed by atoms with Crippen LogP contribution in [0.2, 0.25) is 0 Å². The first-order chi connectivity index (χ1) is 57.6. The molecule has 27 nitrogen and oxygen atoms in total. The Morgan fingerprint density at radius 2 is 0.764 bits per heavy atom. The Labute approximate surface area is 745 Å². The van der Waals surface area contributed by atoms with E-state index < -0.39 is 34.3 Å². The maximum Gasteiger partial charge on any atom is 0.331 e. The zero-order valence-corrected chi connectivity index (χ0v) is 77.6. The van der Waals surface area contributed by atoms with Gasteiger partial charge in [-0.25, -0.2) is 29.5 Å². The van der Waals surface area contributed by atoms with Crippen LogP contribution in [-0.2, 0) is 93.9 Å². The third-order valence-corrected chi connectivity index (χ3v) is 19.8. The Balaban J connectivity index is 0.000000384. The van der Waals surface area contributed by atoms with Crippen LogP contribution in [0.4, 0.5) is 27.5 Å². The van der Waals surface area contributed by atoms with Crippen LogP contribution in [0, 0.1) is 35.5 Å². The van der Waals surface area contributed by atoms with Gasteiger partial charge in [-0.2, -0.15) is 4.39 Å². The number of rotatable bonds is 22. The Morgan fingerprint density at radius 1 is 0.439 bits per heavy atom. The summed E-state index contributed by atoms with van der Waals surface area (Å²) in [6.07, 6.45) is 21.1. The molecule has 123 heavy (non-hydrogen) atoms. The largest absolute Gasteiger partial charge is 0.481 e. The molecule has 4 aromatic heterocycles. The summed E-state index contributed by atoms with van der Waals surface area (Å²) >= 11 is 6.49. The van der Waals surface area contributed by atoms with Crippen LogP contribution in [0.1, 0.15) is 212 Å². The molecule has 1 aromatic carbocycles. The number of carbonyl (C=O) groups is 9. The first-order valence-electron chi connectivity index (χ1n) is 42.3. The fraction of sp³-hybridized carbons (Fsp3) is 0.581. The molecular formula is C93H136Br2FN9O18. The van der Waals surface area contributed by atoms with Gasteiger partial charge in [0.05, 0.1) is 56.0 Å². The van der Waals surface area contributed by atoms with Crippen LogP contribution in [-0.4, -0.2) is 193 Å². The van der Waals surface area contributed by atoms with Gasteiger partial charge in [0.2, 0.25) is 5.95 Å². The summed E-state index contributed by atoms with van der Waals surface area (Å²) in [5, 5.41) is 12.2. The molecular weight excluding hydrogens is 1710 g/mol. The van der Waals surface area contributed by atoms with Crippen LogP contribution in [0.15, 0.2) is 125 Å². The normalized spacial score (nSPS) is 15.4. The van der Waals surface area contributed by atoms with Gasteiger partial charge in [0.15, 0.2) is 0 Å². The lowest BCUT2D eigenvalue weighted by atomic mass is 9.96. The van der Waals surface area contributed by atoms with E-state index in [-0.39, 0.29) is 84.8 Å². The molecule has 30 heteroatoms. The average Bonchev–Trinajstić information content (AvgIpc) is 0.862. The predicted octanol–water partition coefficient (Wildman–Crippen LogP) is 16.9. The number of nitrogens with one attached hydrogen (secondary N) is 1. The first-order valence-corrected chi connectivity index (χ1v) is 43.9. The van der Waals surface area contributed by atoms with Crippen molar-refractivity contribution in [3.05, 3.63) is 148 Å². The number of aromatic nitrogens is 4. The van der Waals surface area contributed by atoms with Crippen molar-refractivity contribution in [1.29, 1.82) is 0 Å². The molecule has 5 aliphatic heterocycles. The molecule has 5 aromatic rings. The predicted molar refractivity (Wildman–Crippen MR) is 484 cm³/mol. The number of hydrogen-bond donors (Lipinski definition) is 2. The number of nitrogens with zero attached hydrogens (tertiary/aromatic N) is 8. The number of hydrogen-bond acceptors (Lipinski definition) is 26. The lowest BCUT2D eigenvalue weighted by molar-refractivity contribution is -0.155. The smallest absolute Gasteiger partial charge is 0.331 e. The van der Waals surface area contributed by atoms with Crippen molar-refractivity contribution in [2.75, 3.05) is 111 Å². The van der Waals surface area contributed by atoms with E-state index in [1.165, 1.54) is 18.3 Å². The van der Waals surface area contributed by atoms with Crippen LogP contribution in [0.5, 0.6) is 0 Å². The van der Waals surface area contributed by atoms with Gasteiger partial charge in [0.25, 0.3) is 0 Å². The molecule has 0 amide bonds. The van der Waals surface area contributed by atoms with Crippen molar-refractivity contribution in [2.45, 2.75) is 231 Å². The quantitative estimate of drug-likeness (QED) is 0.0281. The summed E-state index contributed by atoms with van der Waals surface area (Å²) in [5.74, 6) is 0.211. The minimum atomic E-state index is -0.708. The number of halogens is 3. The molecule has 0 radical (unpaired) electrons. The van der Waals surface area contributed by atoms with Crippen LogP contribution >= 0.6 is 31.9 Å². The van der Waals surface area contributed by atoms with E-state index in [0.29, 0.717) is 78.0 Å². The highest BCUT2D eigenvalue weighted by molar-refractivity contribution is 9.10. The highest BCUT2D eigenvalue weighted by Gasteiger charge is 2.31. The van der Waals surface area contributed by atoms with Gasteiger partial charge in [0.1, 0.15) is 39.9 Å². The molecule has 0 unspecified atom stereocenters. The summed E-state index contributed by atoms with van der Waals surface area (Å²) in [6, 6.07) is 22.8. The number of aryl methyl sites for hydroxylation is 2. The third kappa shape index (κ3) is 45.7. The van der Waals surface area contributed by atoms with Crippen LogP contribution in [0.25, 0.3) is 6.08 Å². The molecule has 0 bridgehead atoms. The van der Waals surface area contributed by atoms with Gasteiger partial charge in [-0.15, -0.1) is 0 Å². The zero-order valence-electron chi connectivity index (χ0n) is 74.5. The molecule has 0 atom stereocenters. The van der Waals surface area contributed by atoms with Crippen molar-refractivity contribution in [3.63, 3.8) is 0 Å². The number of pyridine rings is 4. The van der Waals surface area contributed by atoms with Gasteiger partial charge >= 0.3 is 53.7 Å². The van der Waals surface area contributed by atoms with Gasteiger partial charge in [0, 0.05) is 117 Å². The molecule has 2 N–H and O–H groups in total. The number of piperidine rings is 5. The fourth-order valence-electron chi connectivity index (χ4n) is 12.8. The third-order valence-electron chi connectivity index (χ3n) is 18.9. The zero-order chi connectivity index (χ0) is 90.6. The number of benzene rings is 1. The van der Waals surface area contributed by atoms with Crippen molar-refractivity contribution < 1.29 is 90.5 Å². The SMILES string of the molecule is C.C=CC(=O)OC(C)(C)C.CC(C)(C)OC(=O)CCc1ccc(N2CCC(C(=O)O)CC2)nc1.CCOC(=O)C1CCN(c2ccc(/C=C/C(=O)OC(C)(C)C)cc2)CC1.CCOC(=O)C1CCN(c2ccc(Br)cn2)CC1.CCOC(=O)C1CCN(c2ccc(CCC(=O)OC(C)(C)C)cn2)CC1.CCOC(=O)C1CCNCC1.Fc1ccc(Br)cn1. The number of ether oxygens (including phenoxy) is 8. The van der Waals surface area contributed by atoms with Crippen molar-refractivity contribution >= 4 is 115 Å². The number of aliphatic carboxylic acids is 1. The van der Waals surface area contributed by atoms with Crippen molar-refractivity contribution in [3.8, 4) is 0 Å². The van der Waals surface area contributed by atoms with Crippen molar-refractivity contribution in [2.24, 2.45) is 29.6 Å². The summed E-state index contributed by atoms with van der Waals surface area (Å²) in [7, 11) is 0. The molecule has 9 heterocycles.